The first kappa shape index (κ1) is 12.9. The van der Waals surface area contributed by atoms with Crippen molar-refractivity contribution in [2.45, 2.75) is 13.0 Å². The van der Waals surface area contributed by atoms with Gasteiger partial charge in [-0.3, -0.25) is 9.00 Å². The number of carbonyl (C=O) groups excluding carboxylic acids is 1. The van der Waals surface area contributed by atoms with Gasteiger partial charge in [-0.05, 0) is 17.7 Å². The molecule has 88 valence electrons. The van der Waals surface area contributed by atoms with Crippen molar-refractivity contribution < 1.29 is 9.00 Å². The molecule has 5 heteroatoms. The fourth-order valence-electron chi connectivity index (χ4n) is 1.24. The van der Waals surface area contributed by atoms with E-state index in [1.807, 2.05) is 18.2 Å². The smallest absolute Gasteiger partial charge is 0.225 e. The largest absolute Gasteiger partial charge is 0.326 e. The van der Waals surface area contributed by atoms with E-state index in [1.165, 1.54) is 0 Å². The molecule has 0 saturated carbocycles. The number of anilines is 1. The van der Waals surface area contributed by atoms with Crippen LogP contribution in [0, 0.1) is 0 Å². The normalized spacial score (nSPS) is 12.1. The van der Waals surface area contributed by atoms with Crippen molar-refractivity contribution in [3.8, 4) is 0 Å². The summed E-state index contributed by atoms with van der Waals surface area (Å²) in [6.45, 7) is 0.447. The molecular formula is C11H16N2O2S. The standard InChI is InChI=1S/C11H16N2O2S/c1-16(15)6-5-11(14)13-10-4-2-3-9(7-10)8-12/h2-4,7H,5-6,8,12H2,1H3,(H,13,14). The van der Waals surface area contributed by atoms with Crippen molar-refractivity contribution in [2.24, 2.45) is 5.73 Å². The number of rotatable bonds is 5. The zero-order valence-corrected chi connectivity index (χ0v) is 10.0. The number of hydrogen-bond acceptors (Lipinski definition) is 3. The van der Waals surface area contributed by atoms with Gasteiger partial charge in [0, 0.05) is 41.5 Å². The maximum atomic E-state index is 11.4. The molecule has 16 heavy (non-hydrogen) atoms. The maximum absolute atomic E-state index is 11.4. The molecule has 1 aromatic carbocycles. The zero-order chi connectivity index (χ0) is 12.0. The minimum Gasteiger partial charge on any atom is -0.326 e. The quantitative estimate of drug-likeness (QED) is 0.801. The third-order valence-corrected chi connectivity index (χ3v) is 2.84. The Morgan fingerprint density at radius 2 is 2.25 bits per heavy atom. The van der Waals surface area contributed by atoms with Gasteiger partial charge in [0.25, 0.3) is 0 Å². The van der Waals surface area contributed by atoms with E-state index in [0.717, 1.165) is 11.3 Å². The molecule has 1 amide bonds. The Labute approximate surface area is 97.7 Å². The van der Waals surface area contributed by atoms with Crippen LogP contribution < -0.4 is 11.1 Å². The second-order valence-corrected chi connectivity index (χ2v) is 5.03. The summed E-state index contributed by atoms with van der Waals surface area (Å²) in [5, 5.41) is 2.74. The van der Waals surface area contributed by atoms with Gasteiger partial charge in [-0.25, -0.2) is 0 Å². The van der Waals surface area contributed by atoms with Crippen molar-refractivity contribution in [1.82, 2.24) is 0 Å². The fourth-order valence-corrected chi connectivity index (χ4v) is 1.71. The second-order valence-electron chi connectivity index (χ2n) is 3.48. The van der Waals surface area contributed by atoms with Crippen molar-refractivity contribution in [2.75, 3.05) is 17.3 Å². The number of carbonyl (C=O) groups is 1. The lowest BCUT2D eigenvalue weighted by molar-refractivity contribution is -0.115. The fraction of sp³-hybridized carbons (Fsp3) is 0.364. The van der Waals surface area contributed by atoms with E-state index in [-0.39, 0.29) is 12.3 Å². The first-order chi connectivity index (χ1) is 7.61. The molecule has 0 saturated heterocycles. The summed E-state index contributed by atoms with van der Waals surface area (Å²) in [4.78, 5) is 11.4. The summed E-state index contributed by atoms with van der Waals surface area (Å²) < 4.78 is 10.8. The Morgan fingerprint density at radius 3 is 2.88 bits per heavy atom. The Hall–Kier alpha value is -1.20. The van der Waals surface area contributed by atoms with E-state index in [9.17, 15) is 9.00 Å². The lowest BCUT2D eigenvalue weighted by Gasteiger charge is -2.05. The molecule has 4 nitrogen and oxygen atoms in total. The van der Waals surface area contributed by atoms with E-state index in [0.29, 0.717) is 12.3 Å². The summed E-state index contributed by atoms with van der Waals surface area (Å²) in [6, 6.07) is 7.38. The maximum Gasteiger partial charge on any atom is 0.225 e. The number of amides is 1. The minimum atomic E-state index is -0.931. The van der Waals surface area contributed by atoms with E-state index in [2.05, 4.69) is 5.32 Å². The van der Waals surface area contributed by atoms with Gasteiger partial charge in [-0.1, -0.05) is 12.1 Å². The summed E-state index contributed by atoms with van der Waals surface area (Å²) in [5.74, 6) is 0.270. The first-order valence-corrected chi connectivity index (χ1v) is 6.73. The number of hydrogen-bond donors (Lipinski definition) is 2. The molecule has 0 radical (unpaired) electrons. The van der Waals surface area contributed by atoms with Gasteiger partial charge in [-0.2, -0.15) is 0 Å². The van der Waals surface area contributed by atoms with Gasteiger partial charge >= 0.3 is 0 Å². The average molecular weight is 240 g/mol. The highest BCUT2D eigenvalue weighted by Gasteiger charge is 2.03. The lowest BCUT2D eigenvalue weighted by atomic mass is 10.2. The number of nitrogens with one attached hydrogen (secondary N) is 1. The summed E-state index contributed by atoms with van der Waals surface area (Å²) in [6.07, 6.45) is 1.86. The highest BCUT2D eigenvalue weighted by Crippen LogP contribution is 2.10. The molecule has 0 aliphatic carbocycles. The molecule has 1 rings (SSSR count). The van der Waals surface area contributed by atoms with Crippen LogP contribution in [0.1, 0.15) is 12.0 Å². The summed E-state index contributed by atoms with van der Waals surface area (Å²) in [7, 11) is -0.931. The molecule has 0 aliphatic heterocycles. The number of nitrogens with two attached hydrogens (primary N) is 1. The Bertz CT molecular complexity index is 393. The van der Waals surface area contributed by atoms with Crippen LogP contribution in [-0.4, -0.2) is 22.1 Å². The Kier molecular flexibility index (Phi) is 5.14. The minimum absolute atomic E-state index is 0.121. The molecular weight excluding hydrogens is 224 g/mol. The van der Waals surface area contributed by atoms with E-state index < -0.39 is 10.8 Å². The van der Waals surface area contributed by atoms with Crippen LogP contribution in [-0.2, 0) is 22.1 Å². The molecule has 0 aliphatic rings. The van der Waals surface area contributed by atoms with E-state index in [4.69, 9.17) is 5.73 Å². The SMILES string of the molecule is CS(=O)CCC(=O)Nc1cccc(CN)c1. The van der Waals surface area contributed by atoms with Crippen molar-refractivity contribution in [1.29, 1.82) is 0 Å². The van der Waals surface area contributed by atoms with Gasteiger partial charge in [0.2, 0.25) is 5.91 Å². The van der Waals surface area contributed by atoms with Gasteiger partial charge < -0.3 is 11.1 Å². The molecule has 1 unspecified atom stereocenters. The van der Waals surface area contributed by atoms with Gasteiger partial charge in [0.05, 0.1) is 0 Å². The van der Waals surface area contributed by atoms with Crippen LogP contribution >= 0.6 is 0 Å². The average Bonchev–Trinajstić information content (AvgIpc) is 2.26. The molecule has 0 aromatic heterocycles. The highest BCUT2D eigenvalue weighted by atomic mass is 32.2. The van der Waals surface area contributed by atoms with Crippen molar-refractivity contribution in [3.05, 3.63) is 29.8 Å². The molecule has 3 N–H and O–H groups in total. The topological polar surface area (TPSA) is 72.2 Å². The third kappa shape index (κ3) is 4.55. The predicted molar refractivity (Wildman–Crippen MR) is 66.5 cm³/mol. The van der Waals surface area contributed by atoms with Crippen LogP contribution in [0.15, 0.2) is 24.3 Å². The predicted octanol–water partition coefficient (Wildman–Crippen LogP) is 0.852. The van der Waals surface area contributed by atoms with Crippen LogP contribution in [0.3, 0.4) is 0 Å². The monoisotopic (exact) mass is 240 g/mol. The molecule has 0 heterocycles. The van der Waals surface area contributed by atoms with Gasteiger partial charge in [-0.15, -0.1) is 0 Å². The second kappa shape index (κ2) is 6.40. The summed E-state index contributed by atoms with van der Waals surface area (Å²) in [5.41, 5.74) is 7.20. The van der Waals surface area contributed by atoms with E-state index in [1.54, 1.807) is 12.3 Å². The molecule has 0 bridgehead atoms. The van der Waals surface area contributed by atoms with Gasteiger partial charge in [0.1, 0.15) is 0 Å². The third-order valence-electron chi connectivity index (χ3n) is 2.06. The van der Waals surface area contributed by atoms with Crippen LogP contribution in [0.25, 0.3) is 0 Å². The molecule has 0 spiro atoms. The van der Waals surface area contributed by atoms with Gasteiger partial charge in [0.15, 0.2) is 0 Å². The number of benzene rings is 1. The highest BCUT2D eigenvalue weighted by molar-refractivity contribution is 7.84. The molecule has 1 atom stereocenters. The Morgan fingerprint density at radius 1 is 1.50 bits per heavy atom. The lowest BCUT2D eigenvalue weighted by Crippen LogP contribution is -2.14. The van der Waals surface area contributed by atoms with Crippen LogP contribution in [0.2, 0.25) is 0 Å². The molecule has 1 aromatic rings. The van der Waals surface area contributed by atoms with Crippen molar-refractivity contribution >= 4 is 22.4 Å². The molecule has 0 fully saturated rings. The summed E-state index contributed by atoms with van der Waals surface area (Å²) >= 11 is 0. The first-order valence-electron chi connectivity index (χ1n) is 5.00. The zero-order valence-electron chi connectivity index (χ0n) is 9.23. The van der Waals surface area contributed by atoms with E-state index >= 15 is 0 Å². The van der Waals surface area contributed by atoms with Crippen LogP contribution in [0.4, 0.5) is 5.69 Å². The Balaban J connectivity index is 2.52. The van der Waals surface area contributed by atoms with Crippen molar-refractivity contribution in [3.63, 3.8) is 0 Å². The van der Waals surface area contributed by atoms with Crippen LogP contribution in [0.5, 0.6) is 0 Å².